The first-order valence-corrected chi connectivity index (χ1v) is 3.07. The van der Waals surface area contributed by atoms with Gasteiger partial charge >= 0.3 is 0 Å². The Hall–Kier alpha value is -0.860. The molecule has 0 aliphatic rings. The second-order valence-corrected chi connectivity index (χ2v) is 1.78. The second kappa shape index (κ2) is 5.28. The molecule has 0 aliphatic carbocycles. The molecule has 0 spiro atoms. The third kappa shape index (κ3) is 3.70. The summed E-state index contributed by atoms with van der Waals surface area (Å²) in [7, 11) is 0. The number of rotatable bonds is 5. The van der Waals surface area contributed by atoms with Crippen molar-refractivity contribution in [2.24, 2.45) is 5.29 Å². The van der Waals surface area contributed by atoms with Crippen molar-refractivity contribution in [3.05, 3.63) is 17.7 Å². The summed E-state index contributed by atoms with van der Waals surface area (Å²) < 4.78 is 0. The highest BCUT2D eigenvalue weighted by Crippen LogP contribution is 1.94. The molecule has 0 aliphatic heterocycles. The van der Waals surface area contributed by atoms with E-state index in [1.54, 1.807) is 0 Å². The number of nitroso groups, excluding NO2 is 1. The van der Waals surface area contributed by atoms with E-state index in [4.69, 9.17) is 0 Å². The van der Waals surface area contributed by atoms with Gasteiger partial charge in [0.2, 0.25) is 0 Å². The van der Waals surface area contributed by atoms with Crippen LogP contribution in [0.25, 0.3) is 0 Å². The third-order valence-electron chi connectivity index (χ3n) is 1.06. The van der Waals surface area contributed by atoms with Gasteiger partial charge in [0.05, 0.1) is 5.29 Å². The fourth-order valence-electron chi connectivity index (χ4n) is 0.486. The van der Waals surface area contributed by atoms with Crippen LogP contribution in [-0.4, -0.2) is 11.6 Å². The molecule has 0 aromatic rings. The molecule has 0 saturated carbocycles. The van der Waals surface area contributed by atoms with Gasteiger partial charge < -0.3 is 0 Å². The average molecular weight is 128 g/mol. The maximum absolute atomic E-state index is 9.85. The van der Waals surface area contributed by atoms with Crippen LogP contribution in [0.3, 0.4) is 0 Å². The Morgan fingerprint density at radius 3 is 2.78 bits per heavy atom. The maximum atomic E-state index is 9.85. The van der Waals surface area contributed by atoms with Crippen LogP contribution in [0.2, 0.25) is 0 Å². The summed E-state index contributed by atoms with van der Waals surface area (Å²) in [6.07, 6.45) is 3.49. The van der Waals surface area contributed by atoms with Gasteiger partial charge in [0.25, 0.3) is 0 Å². The second-order valence-electron chi connectivity index (χ2n) is 1.78. The molecule has 0 bridgehead atoms. The Morgan fingerprint density at radius 1 is 1.78 bits per heavy atom. The van der Waals surface area contributed by atoms with Gasteiger partial charge in [-0.25, -0.2) is 5.01 Å². The molecule has 0 aromatic heterocycles. The third-order valence-corrected chi connectivity index (χ3v) is 1.06. The van der Waals surface area contributed by atoms with Crippen molar-refractivity contribution in [1.82, 2.24) is 5.01 Å². The zero-order valence-corrected chi connectivity index (χ0v) is 5.71. The monoisotopic (exact) mass is 128 g/mol. The van der Waals surface area contributed by atoms with E-state index in [9.17, 15) is 4.91 Å². The van der Waals surface area contributed by atoms with Crippen LogP contribution in [-0.2, 0) is 0 Å². The standard InChI is InChI=1S/C6H12N2O/c1-3-5-6-8(4-2)7-9/h4H,2-3,5-6H2,1H3. The van der Waals surface area contributed by atoms with Gasteiger partial charge in [-0.15, -0.1) is 4.91 Å². The predicted molar refractivity (Wildman–Crippen MR) is 37.6 cm³/mol. The van der Waals surface area contributed by atoms with E-state index < -0.39 is 0 Å². The van der Waals surface area contributed by atoms with Crippen LogP contribution in [0, 0.1) is 4.91 Å². The smallest absolute Gasteiger partial charge is 0.0568 e. The van der Waals surface area contributed by atoms with E-state index in [0.29, 0.717) is 6.54 Å². The van der Waals surface area contributed by atoms with Crippen LogP contribution in [0.4, 0.5) is 0 Å². The lowest BCUT2D eigenvalue weighted by atomic mass is 10.3. The van der Waals surface area contributed by atoms with Gasteiger partial charge in [0.15, 0.2) is 0 Å². The molecule has 0 fully saturated rings. The topological polar surface area (TPSA) is 32.7 Å². The zero-order chi connectivity index (χ0) is 7.11. The summed E-state index contributed by atoms with van der Waals surface area (Å²) >= 11 is 0. The van der Waals surface area contributed by atoms with Crippen LogP contribution >= 0.6 is 0 Å². The molecular formula is C6H12N2O. The summed E-state index contributed by atoms with van der Waals surface area (Å²) in [6.45, 7) is 6.16. The molecule has 3 nitrogen and oxygen atoms in total. The molecule has 9 heavy (non-hydrogen) atoms. The van der Waals surface area contributed by atoms with Crippen molar-refractivity contribution in [3.8, 4) is 0 Å². The van der Waals surface area contributed by atoms with Crippen LogP contribution in [0.1, 0.15) is 19.8 Å². The van der Waals surface area contributed by atoms with Crippen LogP contribution < -0.4 is 0 Å². The first kappa shape index (κ1) is 8.14. The summed E-state index contributed by atoms with van der Waals surface area (Å²) in [5.74, 6) is 0. The minimum Gasteiger partial charge on any atom is -0.237 e. The summed E-state index contributed by atoms with van der Waals surface area (Å²) in [5, 5.41) is 4.00. The van der Waals surface area contributed by atoms with Crippen molar-refractivity contribution in [3.63, 3.8) is 0 Å². The minimum atomic E-state index is 0.684. The molecule has 0 N–H and O–H groups in total. The largest absolute Gasteiger partial charge is 0.237 e. The summed E-state index contributed by atoms with van der Waals surface area (Å²) in [4.78, 5) is 9.85. The molecule has 0 rings (SSSR count). The van der Waals surface area contributed by atoms with Crippen molar-refractivity contribution in [1.29, 1.82) is 0 Å². The lowest BCUT2D eigenvalue weighted by Gasteiger charge is -2.06. The number of hydrogen-bond acceptors (Lipinski definition) is 2. The Morgan fingerprint density at radius 2 is 2.44 bits per heavy atom. The van der Waals surface area contributed by atoms with Crippen molar-refractivity contribution >= 4 is 0 Å². The highest BCUT2D eigenvalue weighted by molar-refractivity contribution is 4.65. The van der Waals surface area contributed by atoms with Crippen molar-refractivity contribution < 1.29 is 0 Å². The van der Waals surface area contributed by atoms with Gasteiger partial charge in [-0.1, -0.05) is 19.9 Å². The van der Waals surface area contributed by atoms with Crippen LogP contribution in [0.5, 0.6) is 0 Å². The Labute approximate surface area is 55.3 Å². The SMILES string of the molecule is C=CN(CCCC)N=O. The van der Waals surface area contributed by atoms with E-state index in [-0.39, 0.29) is 0 Å². The molecule has 3 heteroatoms. The van der Waals surface area contributed by atoms with Gasteiger partial charge in [-0.2, -0.15) is 0 Å². The van der Waals surface area contributed by atoms with E-state index >= 15 is 0 Å². The molecular weight excluding hydrogens is 116 g/mol. The van der Waals surface area contributed by atoms with Gasteiger partial charge in [0, 0.05) is 12.7 Å². The summed E-state index contributed by atoms with van der Waals surface area (Å²) in [5.41, 5.74) is 0. The van der Waals surface area contributed by atoms with Gasteiger partial charge in [-0.3, -0.25) is 0 Å². The van der Waals surface area contributed by atoms with E-state index in [1.807, 2.05) is 0 Å². The molecule has 0 aromatic carbocycles. The lowest BCUT2D eigenvalue weighted by molar-refractivity contribution is 0.385. The minimum absolute atomic E-state index is 0.684. The average Bonchev–Trinajstić information content (AvgIpc) is 1.91. The fourth-order valence-corrected chi connectivity index (χ4v) is 0.486. The lowest BCUT2D eigenvalue weighted by Crippen LogP contribution is -2.08. The highest BCUT2D eigenvalue weighted by atomic mass is 16.3. The number of nitrogens with zero attached hydrogens (tertiary/aromatic N) is 2. The molecule has 0 atom stereocenters. The molecule has 0 amide bonds. The van der Waals surface area contributed by atoms with E-state index in [1.165, 1.54) is 11.2 Å². The molecule has 0 saturated heterocycles. The quantitative estimate of drug-likeness (QED) is 0.418. The Kier molecular flexibility index (Phi) is 4.78. The highest BCUT2D eigenvalue weighted by Gasteiger charge is 1.92. The Balaban J connectivity index is 3.30. The fraction of sp³-hybridized carbons (Fsp3) is 0.667. The number of hydrogen-bond donors (Lipinski definition) is 0. The molecule has 0 heterocycles. The van der Waals surface area contributed by atoms with Gasteiger partial charge in [-0.05, 0) is 6.42 Å². The summed E-state index contributed by atoms with van der Waals surface area (Å²) in [6, 6.07) is 0. The molecule has 0 radical (unpaired) electrons. The number of unbranched alkanes of at least 4 members (excludes halogenated alkanes) is 1. The van der Waals surface area contributed by atoms with Gasteiger partial charge in [0.1, 0.15) is 0 Å². The predicted octanol–water partition coefficient (Wildman–Crippen LogP) is 1.91. The first-order chi connectivity index (χ1) is 4.35. The zero-order valence-electron chi connectivity index (χ0n) is 5.71. The van der Waals surface area contributed by atoms with E-state index in [2.05, 4.69) is 18.8 Å². The molecule has 0 unspecified atom stereocenters. The van der Waals surface area contributed by atoms with Crippen molar-refractivity contribution in [2.75, 3.05) is 6.54 Å². The van der Waals surface area contributed by atoms with Crippen LogP contribution in [0.15, 0.2) is 18.1 Å². The molecule has 52 valence electrons. The van der Waals surface area contributed by atoms with Crippen molar-refractivity contribution in [2.45, 2.75) is 19.8 Å². The maximum Gasteiger partial charge on any atom is 0.0568 e. The normalized spacial score (nSPS) is 8.56. The Bertz CT molecular complexity index is 85.1. The van der Waals surface area contributed by atoms with E-state index in [0.717, 1.165) is 12.8 Å². The first-order valence-electron chi connectivity index (χ1n) is 3.07.